The van der Waals surface area contributed by atoms with E-state index in [0.29, 0.717) is 22.8 Å². The van der Waals surface area contributed by atoms with Gasteiger partial charge in [0.2, 0.25) is 0 Å². The van der Waals surface area contributed by atoms with Crippen molar-refractivity contribution in [2.24, 2.45) is 5.73 Å². The Morgan fingerprint density at radius 2 is 2.10 bits per heavy atom. The summed E-state index contributed by atoms with van der Waals surface area (Å²) in [6, 6.07) is 9.10. The highest BCUT2D eigenvalue weighted by Gasteiger charge is 2.16. The van der Waals surface area contributed by atoms with Crippen LogP contribution in [0.2, 0.25) is 0 Å². The van der Waals surface area contributed by atoms with Crippen LogP contribution in [0.25, 0.3) is 22.3 Å². The fraction of sp³-hybridized carbons (Fsp3) is 0.381. The molecule has 0 aliphatic rings. The highest BCUT2D eigenvalue weighted by molar-refractivity contribution is 6.00. The Bertz CT molecular complexity index is 1030. The van der Waals surface area contributed by atoms with Crippen LogP contribution in [0.15, 0.2) is 36.5 Å². The summed E-state index contributed by atoms with van der Waals surface area (Å²) in [6.45, 7) is 4.29. The second-order valence-electron chi connectivity index (χ2n) is 7.53. The largest absolute Gasteiger partial charge is 0.491 e. The first kappa shape index (κ1) is 21.5. The van der Waals surface area contributed by atoms with Gasteiger partial charge in [0.05, 0.1) is 23.0 Å². The van der Waals surface area contributed by atoms with Gasteiger partial charge in [-0.1, -0.05) is 12.1 Å². The van der Waals surface area contributed by atoms with Crippen molar-refractivity contribution < 1.29 is 14.6 Å². The van der Waals surface area contributed by atoms with Gasteiger partial charge in [-0.15, -0.1) is 0 Å². The SMILES string of the molecule is CC(C)n1ncc2c(NC(=O)N(C)C)cc(-c3cccc(OCC(O)CN)c3)nc21. The van der Waals surface area contributed by atoms with Gasteiger partial charge in [-0.05, 0) is 32.0 Å². The Morgan fingerprint density at radius 1 is 1.33 bits per heavy atom. The molecule has 0 saturated carbocycles. The van der Waals surface area contributed by atoms with Crippen LogP contribution in [0.4, 0.5) is 10.5 Å². The van der Waals surface area contributed by atoms with Crippen LogP contribution < -0.4 is 15.8 Å². The smallest absolute Gasteiger partial charge is 0.321 e. The average Bonchev–Trinajstić information content (AvgIpc) is 3.16. The molecular formula is C21H28N6O3. The van der Waals surface area contributed by atoms with Crippen molar-refractivity contribution in [3.05, 3.63) is 36.5 Å². The number of hydrogen-bond acceptors (Lipinski definition) is 6. The van der Waals surface area contributed by atoms with Crippen LogP contribution in [0.3, 0.4) is 0 Å². The minimum Gasteiger partial charge on any atom is -0.491 e. The maximum atomic E-state index is 12.3. The standard InChI is InChI=1S/C21H28N6O3/c1-13(2)27-20-17(11-23-27)19(25-21(29)26(3)4)9-18(24-20)14-6-5-7-16(8-14)30-12-15(28)10-22/h5-9,11,13,15,28H,10,12,22H2,1-4H3,(H,24,25,29). The van der Waals surface area contributed by atoms with Gasteiger partial charge in [0.1, 0.15) is 18.5 Å². The number of pyridine rings is 1. The fourth-order valence-corrected chi connectivity index (χ4v) is 2.88. The molecule has 9 heteroatoms. The van der Waals surface area contributed by atoms with Gasteiger partial charge in [0.25, 0.3) is 0 Å². The van der Waals surface area contributed by atoms with Crippen molar-refractivity contribution in [1.82, 2.24) is 19.7 Å². The Morgan fingerprint density at radius 3 is 2.77 bits per heavy atom. The predicted octanol–water partition coefficient (Wildman–Crippen LogP) is 2.47. The summed E-state index contributed by atoms with van der Waals surface area (Å²) in [5.41, 5.74) is 8.23. The number of rotatable bonds is 7. The molecule has 2 amide bonds. The molecule has 0 aliphatic carbocycles. The third kappa shape index (κ3) is 4.69. The average molecular weight is 412 g/mol. The molecule has 3 aromatic rings. The number of aromatic nitrogens is 3. The van der Waals surface area contributed by atoms with E-state index in [9.17, 15) is 9.90 Å². The molecule has 9 nitrogen and oxygen atoms in total. The summed E-state index contributed by atoms with van der Waals surface area (Å²) in [5, 5.41) is 17.8. The molecule has 1 unspecified atom stereocenters. The Hall–Kier alpha value is -3.17. The lowest BCUT2D eigenvalue weighted by atomic mass is 10.1. The lowest BCUT2D eigenvalue weighted by Gasteiger charge is -2.15. The molecule has 0 aliphatic heterocycles. The topological polar surface area (TPSA) is 119 Å². The number of urea groups is 1. The van der Waals surface area contributed by atoms with Gasteiger partial charge < -0.3 is 25.8 Å². The number of fused-ring (bicyclic) bond motifs is 1. The summed E-state index contributed by atoms with van der Waals surface area (Å²) in [5.74, 6) is 0.596. The van der Waals surface area contributed by atoms with Gasteiger partial charge in [0, 0.05) is 32.2 Å². The van der Waals surface area contributed by atoms with Crippen LogP contribution >= 0.6 is 0 Å². The monoisotopic (exact) mass is 412 g/mol. The third-order valence-corrected chi connectivity index (χ3v) is 4.55. The number of nitrogens with one attached hydrogen (secondary N) is 1. The van der Waals surface area contributed by atoms with Crippen molar-refractivity contribution in [3.63, 3.8) is 0 Å². The molecule has 1 aromatic carbocycles. The first-order valence-electron chi connectivity index (χ1n) is 9.78. The van der Waals surface area contributed by atoms with E-state index in [4.69, 9.17) is 15.5 Å². The quantitative estimate of drug-likeness (QED) is 0.549. The second kappa shape index (κ2) is 9.10. The number of carbonyl (C=O) groups is 1. The van der Waals surface area contributed by atoms with E-state index in [0.717, 1.165) is 10.9 Å². The van der Waals surface area contributed by atoms with E-state index in [2.05, 4.69) is 10.4 Å². The number of amides is 2. The zero-order chi connectivity index (χ0) is 21.8. The predicted molar refractivity (Wildman–Crippen MR) is 117 cm³/mol. The number of aliphatic hydroxyl groups excluding tert-OH is 1. The van der Waals surface area contributed by atoms with Crippen LogP contribution in [-0.4, -0.2) is 64.2 Å². The van der Waals surface area contributed by atoms with Crippen LogP contribution in [0.5, 0.6) is 5.75 Å². The van der Waals surface area contributed by atoms with E-state index in [-0.39, 0.29) is 25.2 Å². The summed E-state index contributed by atoms with van der Waals surface area (Å²) >= 11 is 0. The first-order chi connectivity index (χ1) is 14.3. The number of nitrogens with two attached hydrogens (primary N) is 1. The molecule has 4 N–H and O–H groups in total. The molecule has 30 heavy (non-hydrogen) atoms. The van der Waals surface area contributed by atoms with Crippen LogP contribution in [-0.2, 0) is 0 Å². The Kier molecular flexibility index (Phi) is 6.53. The van der Waals surface area contributed by atoms with Crippen LogP contribution in [0.1, 0.15) is 19.9 Å². The Balaban J connectivity index is 2.05. The van der Waals surface area contributed by atoms with Crippen molar-refractivity contribution in [2.45, 2.75) is 26.0 Å². The van der Waals surface area contributed by atoms with Crippen molar-refractivity contribution in [2.75, 3.05) is 32.6 Å². The van der Waals surface area contributed by atoms with Crippen molar-refractivity contribution >= 4 is 22.8 Å². The molecule has 3 rings (SSSR count). The number of benzene rings is 1. The summed E-state index contributed by atoms with van der Waals surface area (Å²) in [4.78, 5) is 18.6. The molecule has 0 fully saturated rings. The maximum absolute atomic E-state index is 12.3. The lowest BCUT2D eigenvalue weighted by molar-refractivity contribution is 0.114. The minimum atomic E-state index is -0.726. The number of hydrogen-bond donors (Lipinski definition) is 3. The molecule has 1 atom stereocenters. The van der Waals surface area contributed by atoms with Gasteiger partial charge in [-0.25, -0.2) is 14.5 Å². The molecular weight excluding hydrogens is 384 g/mol. The molecule has 0 spiro atoms. The molecule has 2 heterocycles. The lowest BCUT2D eigenvalue weighted by Crippen LogP contribution is -2.27. The van der Waals surface area contributed by atoms with Crippen LogP contribution in [0, 0.1) is 0 Å². The molecule has 2 aromatic heterocycles. The normalized spacial score (nSPS) is 12.2. The van der Waals surface area contributed by atoms with Crippen molar-refractivity contribution in [1.29, 1.82) is 0 Å². The number of ether oxygens (including phenoxy) is 1. The van der Waals surface area contributed by atoms with E-state index in [1.807, 2.05) is 42.8 Å². The van der Waals surface area contributed by atoms with E-state index in [1.54, 1.807) is 26.4 Å². The van der Waals surface area contributed by atoms with E-state index < -0.39 is 6.10 Å². The Labute approximate surface area is 175 Å². The van der Waals surface area contributed by atoms with Gasteiger partial charge in [-0.2, -0.15) is 5.10 Å². The summed E-state index contributed by atoms with van der Waals surface area (Å²) in [6.07, 6.45) is 0.988. The molecule has 0 bridgehead atoms. The zero-order valence-electron chi connectivity index (χ0n) is 17.7. The number of nitrogens with zero attached hydrogens (tertiary/aromatic N) is 4. The summed E-state index contributed by atoms with van der Waals surface area (Å²) < 4.78 is 7.45. The highest BCUT2D eigenvalue weighted by atomic mass is 16.5. The number of anilines is 1. The maximum Gasteiger partial charge on any atom is 0.321 e. The van der Waals surface area contributed by atoms with E-state index in [1.165, 1.54) is 4.90 Å². The van der Waals surface area contributed by atoms with Gasteiger partial charge >= 0.3 is 6.03 Å². The van der Waals surface area contributed by atoms with Gasteiger partial charge in [0.15, 0.2) is 5.65 Å². The highest BCUT2D eigenvalue weighted by Crippen LogP contribution is 2.31. The van der Waals surface area contributed by atoms with E-state index >= 15 is 0 Å². The minimum absolute atomic E-state index is 0.107. The fourth-order valence-electron chi connectivity index (χ4n) is 2.88. The molecule has 0 saturated heterocycles. The third-order valence-electron chi connectivity index (χ3n) is 4.55. The molecule has 160 valence electrons. The second-order valence-corrected chi connectivity index (χ2v) is 7.53. The zero-order valence-corrected chi connectivity index (χ0v) is 17.7. The van der Waals surface area contributed by atoms with Gasteiger partial charge in [-0.3, -0.25) is 0 Å². The number of carbonyl (C=O) groups excluding carboxylic acids is 1. The molecule has 0 radical (unpaired) electrons. The van der Waals surface area contributed by atoms with Crippen molar-refractivity contribution in [3.8, 4) is 17.0 Å². The summed E-state index contributed by atoms with van der Waals surface area (Å²) in [7, 11) is 3.37. The number of aliphatic hydroxyl groups is 1. The first-order valence-corrected chi connectivity index (χ1v) is 9.78.